The van der Waals surface area contributed by atoms with Crippen LogP contribution in [0, 0.1) is 0 Å². The van der Waals surface area contributed by atoms with Gasteiger partial charge in [0.1, 0.15) is 0 Å². The molecule has 5 heteroatoms. The second kappa shape index (κ2) is 6.79. The van der Waals surface area contributed by atoms with Gasteiger partial charge in [-0.05, 0) is 50.3 Å². The lowest BCUT2D eigenvalue weighted by Gasteiger charge is -2.30. The maximum atomic E-state index is 12.7. The molecule has 21 heavy (non-hydrogen) atoms. The fourth-order valence-corrected chi connectivity index (χ4v) is 2.90. The van der Waals surface area contributed by atoms with Crippen molar-refractivity contribution in [3.63, 3.8) is 0 Å². The average molecular weight is 301 g/mol. The molecule has 1 aromatic rings. The van der Waals surface area contributed by atoms with Crippen LogP contribution in [-0.4, -0.2) is 19.3 Å². The maximum Gasteiger partial charge on any atom is 0.416 e. The van der Waals surface area contributed by atoms with Gasteiger partial charge in [-0.3, -0.25) is 0 Å². The van der Waals surface area contributed by atoms with Crippen molar-refractivity contribution < 1.29 is 17.9 Å². The van der Waals surface area contributed by atoms with E-state index in [0.29, 0.717) is 17.7 Å². The third-order valence-corrected chi connectivity index (χ3v) is 4.21. The first-order valence-corrected chi connectivity index (χ1v) is 7.36. The zero-order chi connectivity index (χ0) is 15.5. The van der Waals surface area contributed by atoms with E-state index in [0.717, 1.165) is 31.7 Å². The first-order valence-electron chi connectivity index (χ1n) is 7.36. The third kappa shape index (κ3) is 4.45. The van der Waals surface area contributed by atoms with E-state index in [9.17, 15) is 13.2 Å². The highest BCUT2D eigenvalue weighted by molar-refractivity contribution is 5.27. The molecule has 0 heterocycles. The van der Waals surface area contributed by atoms with Crippen molar-refractivity contribution in [3.8, 4) is 0 Å². The van der Waals surface area contributed by atoms with E-state index in [1.807, 2.05) is 6.92 Å². The van der Waals surface area contributed by atoms with Gasteiger partial charge in [0.15, 0.2) is 0 Å². The summed E-state index contributed by atoms with van der Waals surface area (Å²) in [6.45, 7) is 1.91. The number of hydrogen-bond acceptors (Lipinski definition) is 2. The van der Waals surface area contributed by atoms with Gasteiger partial charge in [-0.15, -0.1) is 0 Å². The number of ether oxygens (including phenoxy) is 1. The highest BCUT2D eigenvalue weighted by atomic mass is 19.4. The Kier molecular flexibility index (Phi) is 5.27. The summed E-state index contributed by atoms with van der Waals surface area (Å²) in [5.41, 5.74) is 0.0930. The highest BCUT2D eigenvalue weighted by Gasteiger charge is 2.31. The Morgan fingerprint density at radius 2 is 1.86 bits per heavy atom. The van der Waals surface area contributed by atoms with Crippen molar-refractivity contribution in [3.05, 3.63) is 35.4 Å². The van der Waals surface area contributed by atoms with Crippen LogP contribution >= 0.6 is 0 Å². The van der Waals surface area contributed by atoms with Crippen LogP contribution in [0.15, 0.2) is 24.3 Å². The topological polar surface area (TPSA) is 21.3 Å². The number of methoxy groups -OCH3 is 1. The molecule has 1 aliphatic carbocycles. The second-order valence-corrected chi connectivity index (χ2v) is 5.72. The molecule has 0 aliphatic heterocycles. The molecule has 1 atom stereocenters. The Bertz CT molecular complexity index is 453. The summed E-state index contributed by atoms with van der Waals surface area (Å²) in [6.07, 6.45) is 0.0509. The van der Waals surface area contributed by atoms with E-state index in [1.165, 1.54) is 12.1 Å². The summed E-state index contributed by atoms with van der Waals surface area (Å²) < 4.78 is 43.5. The van der Waals surface area contributed by atoms with E-state index in [2.05, 4.69) is 5.32 Å². The van der Waals surface area contributed by atoms with Gasteiger partial charge in [0.2, 0.25) is 0 Å². The van der Waals surface area contributed by atoms with Crippen molar-refractivity contribution in [2.24, 2.45) is 0 Å². The molecule has 1 aliphatic rings. The number of alkyl halides is 3. The molecule has 2 nitrogen and oxygen atoms in total. The van der Waals surface area contributed by atoms with Crippen molar-refractivity contribution >= 4 is 0 Å². The lowest BCUT2D eigenvalue weighted by atomic mass is 9.92. The molecule has 2 rings (SSSR count). The van der Waals surface area contributed by atoms with Crippen LogP contribution in [-0.2, 0) is 10.9 Å². The summed E-state index contributed by atoms with van der Waals surface area (Å²) in [5, 5.41) is 3.44. The van der Waals surface area contributed by atoms with Crippen LogP contribution in [0.1, 0.15) is 49.8 Å². The number of halogens is 3. The van der Waals surface area contributed by atoms with Crippen molar-refractivity contribution in [2.75, 3.05) is 7.11 Å². The van der Waals surface area contributed by atoms with Crippen LogP contribution in [0.5, 0.6) is 0 Å². The Morgan fingerprint density at radius 3 is 2.43 bits per heavy atom. The predicted octanol–water partition coefficient (Wildman–Crippen LogP) is 4.31. The van der Waals surface area contributed by atoms with Crippen LogP contribution in [0.3, 0.4) is 0 Å². The summed E-state index contributed by atoms with van der Waals surface area (Å²) in [5.74, 6) is 0. The zero-order valence-corrected chi connectivity index (χ0v) is 12.4. The van der Waals surface area contributed by atoms with Gasteiger partial charge >= 0.3 is 6.18 Å². The maximum absolute atomic E-state index is 12.7. The number of benzene rings is 1. The van der Waals surface area contributed by atoms with E-state index in [1.54, 1.807) is 13.2 Å². The summed E-state index contributed by atoms with van der Waals surface area (Å²) in [4.78, 5) is 0. The molecule has 0 amide bonds. The van der Waals surface area contributed by atoms with Crippen LogP contribution < -0.4 is 5.32 Å². The van der Waals surface area contributed by atoms with Crippen molar-refractivity contribution in [2.45, 2.75) is 57.0 Å². The molecule has 0 spiro atoms. The van der Waals surface area contributed by atoms with Crippen LogP contribution in [0.2, 0.25) is 0 Å². The largest absolute Gasteiger partial charge is 0.416 e. The quantitative estimate of drug-likeness (QED) is 0.894. The number of hydrogen-bond donors (Lipinski definition) is 1. The standard InChI is InChI=1S/C16H22F3NO/c1-11(20-14-6-8-15(21-2)9-7-14)12-4-3-5-13(10-12)16(17,18)19/h3-5,10-11,14-15,20H,6-9H2,1-2H3. The minimum atomic E-state index is -4.29. The molecule has 0 saturated heterocycles. The van der Waals surface area contributed by atoms with E-state index >= 15 is 0 Å². The molecule has 1 unspecified atom stereocenters. The molecule has 0 aromatic heterocycles. The minimum Gasteiger partial charge on any atom is -0.381 e. The van der Waals surface area contributed by atoms with Crippen molar-refractivity contribution in [1.82, 2.24) is 5.32 Å². The summed E-state index contributed by atoms with van der Waals surface area (Å²) in [6, 6.07) is 5.82. The zero-order valence-electron chi connectivity index (χ0n) is 12.4. The van der Waals surface area contributed by atoms with Gasteiger partial charge in [-0.1, -0.05) is 12.1 Å². The lowest BCUT2D eigenvalue weighted by Crippen LogP contribution is -2.36. The van der Waals surface area contributed by atoms with Crippen LogP contribution in [0.4, 0.5) is 13.2 Å². The highest BCUT2D eigenvalue weighted by Crippen LogP contribution is 2.31. The lowest BCUT2D eigenvalue weighted by molar-refractivity contribution is -0.137. The monoisotopic (exact) mass is 301 g/mol. The van der Waals surface area contributed by atoms with E-state index in [-0.39, 0.29) is 6.04 Å². The van der Waals surface area contributed by atoms with Crippen molar-refractivity contribution in [1.29, 1.82) is 0 Å². The fraction of sp³-hybridized carbons (Fsp3) is 0.625. The smallest absolute Gasteiger partial charge is 0.381 e. The third-order valence-electron chi connectivity index (χ3n) is 4.21. The molecule has 0 radical (unpaired) electrons. The Morgan fingerprint density at radius 1 is 1.19 bits per heavy atom. The van der Waals surface area contributed by atoms with E-state index < -0.39 is 11.7 Å². The molecular formula is C16H22F3NO. The normalized spacial score (nSPS) is 24.8. The van der Waals surface area contributed by atoms with Gasteiger partial charge in [0.25, 0.3) is 0 Å². The molecule has 1 N–H and O–H groups in total. The first-order chi connectivity index (χ1) is 9.90. The Hall–Kier alpha value is -1.07. The molecule has 0 bridgehead atoms. The minimum absolute atomic E-state index is 0.0867. The number of nitrogens with one attached hydrogen (secondary N) is 1. The van der Waals surface area contributed by atoms with Gasteiger partial charge in [-0.25, -0.2) is 0 Å². The first kappa shape index (κ1) is 16.3. The molecule has 118 valence electrons. The molecule has 1 saturated carbocycles. The Balaban J connectivity index is 1.96. The average Bonchev–Trinajstić information content (AvgIpc) is 2.47. The second-order valence-electron chi connectivity index (χ2n) is 5.72. The van der Waals surface area contributed by atoms with E-state index in [4.69, 9.17) is 4.74 Å². The Labute approximate surface area is 123 Å². The summed E-state index contributed by atoms with van der Waals surface area (Å²) in [7, 11) is 1.73. The SMILES string of the molecule is COC1CCC(NC(C)c2cccc(C(F)(F)F)c2)CC1. The molecular weight excluding hydrogens is 279 g/mol. The molecule has 1 aromatic carbocycles. The van der Waals surface area contributed by atoms with Gasteiger partial charge < -0.3 is 10.1 Å². The van der Waals surface area contributed by atoms with Crippen LogP contribution in [0.25, 0.3) is 0 Å². The predicted molar refractivity (Wildman–Crippen MR) is 76.0 cm³/mol. The van der Waals surface area contributed by atoms with Gasteiger partial charge in [0.05, 0.1) is 11.7 Å². The van der Waals surface area contributed by atoms with Gasteiger partial charge in [-0.2, -0.15) is 13.2 Å². The van der Waals surface area contributed by atoms with Gasteiger partial charge in [0, 0.05) is 19.2 Å². The number of rotatable bonds is 4. The summed E-state index contributed by atoms with van der Waals surface area (Å²) >= 11 is 0. The molecule has 1 fully saturated rings. The fourth-order valence-electron chi connectivity index (χ4n) is 2.90.